The van der Waals surface area contributed by atoms with Gasteiger partial charge in [0, 0.05) is 26.6 Å². The van der Waals surface area contributed by atoms with Crippen LogP contribution in [0.3, 0.4) is 0 Å². The minimum absolute atomic E-state index is 0.00382. The average molecular weight is 571 g/mol. The zero-order valence-electron chi connectivity index (χ0n) is 23.7. The van der Waals surface area contributed by atoms with Crippen molar-refractivity contribution in [3.63, 3.8) is 0 Å². The monoisotopic (exact) mass is 570 g/mol. The normalized spacial score (nSPS) is 19.9. The predicted molar refractivity (Wildman–Crippen MR) is 151 cm³/mol. The van der Waals surface area contributed by atoms with Crippen molar-refractivity contribution < 1.29 is 38.0 Å². The van der Waals surface area contributed by atoms with Gasteiger partial charge in [-0.3, -0.25) is 0 Å². The molecule has 1 aromatic carbocycles. The molecule has 0 aliphatic carbocycles. The Hall–Kier alpha value is -1.91. The summed E-state index contributed by atoms with van der Waals surface area (Å²) in [4.78, 5) is 24.7. The van der Waals surface area contributed by atoms with E-state index in [0.29, 0.717) is 42.9 Å². The van der Waals surface area contributed by atoms with Crippen LogP contribution in [0, 0.1) is 0 Å². The fourth-order valence-electron chi connectivity index (χ4n) is 4.01. The summed E-state index contributed by atoms with van der Waals surface area (Å²) < 4.78 is 34.2. The third kappa shape index (κ3) is 10.7. The van der Waals surface area contributed by atoms with Gasteiger partial charge in [0.25, 0.3) is 0 Å². The summed E-state index contributed by atoms with van der Waals surface area (Å²) in [5.41, 5.74) is 0.856. The molecule has 38 heavy (non-hydrogen) atoms. The topological polar surface area (TPSA) is 89.5 Å². The third-order valence-corrected chi connectivity index (χ3v) is 7.87. The summed E-state index contributed by atoms with van der Waals surface area (Å²) in [6.45, 7) is 12.8. The van der Waals surface area contributed by atoms with Crippen LogP contribution in [-0.2, 0) is 23.7 Å². The van der Waals surface area contributed by atoms with Gasteiger partial charge in [-0.2, -0.15) is 0 Å². The van der Waals surface area contributed by atoms with E-state index in [1.165, 1.54) is 0 Å². The second kappa shape index (κ2) is 15.0. The average Bonchev–Trinajstić information content (AvgIpc) is 3.14. The zero-order valence-corrected chi connectivity index (χ0v) is 25.5. The van der Waals surface area contributed by atoms with Gasteiger partial charge in [-0.1, -0.05) is 31.8 Å². The lowest BCUT2D eigenvalue weighted by Gasteiger charge is -2.19. The molecule has 1 aliphatic heterocycles. The molecule has 1 heterocycles. The first-order valence-electron chi connectivity index (χ1n) is 13.1. The van der Waals surface area contributed by atoms with Crippen molar-refractivity contribution in [2.45, 2.75) is 89.8 Å². The second-order valence-electron chi connectivity index (χ2n) is 11.0. The van der Waals surface area contributed by atoms with E-state index < -0.39 is 25.9 Å². The molecule has 1 saturated heterocycles. The molecule has 1 aliphatic rings. The number of methoxy groups -OCH3 is 1. The minimum atomic E-state index is -1.23. The van der Waals surface area contributed by atoms with Crippen LogP contribution in [0.5, 0.6) is 11.5 Å². The summed E-state index contributed by atoms with van der Waals surface area (Å²) in [5, 5.41) is 0. The van der Waals surface area contributed by atoms with Gasteiger partial charge < -0.3 is 33.2 Å². The number of halogens is 1. The largest absolute Gasteiger partial charge is 0.497 e. The number of hydrogen-bond acceptors (Lipinski definition) is 8. The number of aldehydes is 1. The third-order valence-electron chi connectivity index (χ3n) is 5.99. The maximum atomic E-state index is 13.3. The predicted octanol–water partition coefficient (Wildman–Crippen LogP) is 6.07. The van der Waals surface area contributed by atoms with Crippen molar-refractivity contribution in [1.82, 2.24) is 0 Å². The van der Waals surface area contributed by atoms with Crippen LogP contribution in [-0.4, -0.2) is 70.8 Å². The van der Waals surface area contributed by atoms with Gasteiger partial charge in [0.05, 0.1) is 19.3 Å². The molecule has 0 saturated carbocycles. The second-order valence-corrected chi connectivity index (χ2v) is 17.0. The number of hydrogen-bond donors (Lipinski definition) is 0. The Morgan fingerprint density at radius 1 is 1.24 bits per heavy atom. The standard InChI is InChI=1S/C28H43ClO8Si/c1-20(10-8-12-23-25(18-30)37-28(2,3)36-23)35-27(31)26-21(11-9-13-29)16-22(32-4)17-24(26)34-19-33-14-15-38(5,6)7/h9,11,16-18,20,23,25H,8,10,12-15,19H2,1-7H3/b11-9+/t20-,23-,25-/m0/s1. The molecule has 214 valence electrons. The number of benzene rings is 1. The van der Waals surface area contributed by atoms with Crippen molar-refractivity contribution in [3.8, 4) is 11.5 Å². The number of ether oxygens (including phenoxy) is 6. The molecule has 8 nitrogen and oxygen atoms in total. The molecule has 0 amide bonds. The van der Waals surface area contributed by atoms with Gasteiger partial charge >= 0.3 is 5.97 Å². The molecule has 3 atom stereocenters. The van der Waals surface area contributed by atoms with Crippen LogP contribution in [0.1, 0.15) is 56.0 Å². The van der Waals surface area contributed by atoms with Crippen LogP contribution in [0.15, 0.2) is 18.2 Å². The molecule has 0 radical (unpaired) electrons. The van der Waals surface area contributed by atoms with Crippen molar-refractivity contribution in [1.29, 1.82) is 0 Å². The Labute approximate surface area is 232 Å². The number of allylic oxidation sites excluding steroid dienone is 1. The van der Waals surface area contributed by atoms with Crippen LogP contribution in [0.25, 0.3) is 6.08 Å². The molecule has 0 aromatic heterocycles. The maximum absolute atomic E-state index is 13.3. The highest BCUT2D eigenvalue weighted by molar-refractivity contribution is 6.76. The summed E-state index contributed by atoms with van der Waals surface area (Å²) >= 11 is 5.86. The Morgan fingerprint density at radius 3 is 2.61 bits per heavy atom. The lowest BCUT2D eigenvalue weighted by Crippen LogP contribution is -2.24. The number of carbonyl (C=O) groups excluding carboxylic acids is 2. The first kappa shape index (κ1) is 32.3. The first-order valence-corrected chi connectivity index (χ1v) is 17.3. The lowest BCUT2D eigenvalue weighted by molar-refractivity contribution is -0.150. The number of esters is 1. The van der Waals surface area contributed by atoms with Crippen molar-refractivity contribution in [2.24, 2.45) is 0 Å². The van der Waals surface area contributed by atoms with Gasteiger partial charge in [0.15, 0.2) is 18.9 Å². The molecular weight excluding hydrogens is 528 g/mol. The smallest absolute Gasteiger partial charge is 0.342 e. The molecule has 0 bridgehead atoms. The van der Waals surface area contributed by atoms with E-state index in [0.717, 1.165) is 12.3 Å². The molecule has 2 rings (SSSR count). The maximum Gasteiger partial charge on any atom is 0.342 e. The van der Waals surface area contributed by atoms with E-state index in [9.17, 15) is 9.59 Å². The van der Waals surface area contributed by atoms with Crippen LogP contribution in [0.2, 0.25) is 25.7 Å². The van der Waals surface area contributed by atoms with E-state index in [1.807, 2.05) is 6.92 Å². The summed E-state index contributed by atoms with van der Waals surface area (Å²) in [6, 6.07) is 4.40. The summed E-state index contributed by atoms with van der Waals surface area (Å²) in [6.07, 6.45) is 4.87. The van der Waals surface area contributed by atoms with E-state index in [-0.39, 0.29) is 30.4 Å². The van der Waals surface area contributed by atoms with Gasteiger partial charge in [-0.05, 0) is 57.7 Å². The van der Waals surface area contributed by atoms with E-state index >= 15 is 0 Å². The van der Waals surface area contributed by atoms with Crippen molar-refractivity contribution in [2.75, 3.05) is 26.4 Å². The summed E-state index contributed by atoms with van der Waals surface area (Å²) in [7, 11) is 0.316. The Morgan fingerprint density at radius 2 is 1.97 bits per heavy atom. The van der Waals surface area contributed by atoms with Gasteiger partial charge in [0.2, 0.25) is 0 Å². The SMILES string of the molecule is COc1cc(/C=C/CCl)c(C(=O)O[C@@H](C)CCC[C@@H]2OC(C)(C)O[C@H]2C=O)c(OCOCC[Si](C)(C)C)c1. The highest BCUT2D eigenvalue weighted by Gasteiger charge is 2.40. The van der Waals surface area contributed by atoms with Gasteiger partial charge in [0.1, 0.15) is 23.2 Å². The highest BCUT2D eigenvalue weighted by atomic mass is 35.5. The van der Waals surface area contributed by atoms with Crippen molar-refractivity contribution in [3.05, 3.63) is 29.3 Å². The Kier molecular flexibility index (Phi) is 12.8. The quantitative estimate of drug-likeness (QED) is 0.0590. The molecular formula is C28H43ClO8Si. The molecule has 0 spiro atoms. The minimum Gasteiger partial charge on any atom is -0.497 e. The zero-order chi connectivity index (χ0) is 28.3. The molecule has 0 N–H and O–H groups in total. The number of alkyl halides is 1. The fourth-order valence-corrected chi connectivity index (χ4v) is 4.86. The molecule has 10 heteroatoms. The van der Waals surface area contributed by atoms with Gasteiger partial charge in [-0.25, -0.2) is 4.79 Å². The Balaban J connectivity index is 2.08. The van der Waals surface area contributed by atoms with E-state index in [4.69, 9.17) is 40.0 Å². The molecule has 0 unspecified atom stereocenters. The molecule has 1 aromatic rings. The van der Waals surface area contributed by atoms with Crippen LogP contribution < -0.4 is 9.47 Å². The molecule has 1 fully saturated rings. The van der Waals surface area contributed by atoms with Crippen LogP contribution in [0.4, 0.5) is 0 Å². The van der Waals surface area contributed by atoms with Crippen LogP contribution >= 0.6 is 11.6 Å². The highest BCUT2D eigenvalue weighted by Crippen LogP contribution is 2.32. The van der Waals surface area contributed by atoms with Gasteiger partial charge in [-0.15, -0.1) is 11.6 Å². The van der Waals surface area contributed by atoms with E-state index in [1.54, 1.807) is 45.2 Å². The Bertz CT molecular complexity index is 944. The summed E-state index contributed by atoms with van der Waals surface area (Å²) in [5.74, 6) is -0.170. The number of rotatable bonds is 16. The van der Waals surface area contributed by atoms with Crippen molar-refractivity contribution >= 4 is 38.0 Å². The first-order chi connectivity index (χ1) is 17.9. The number of carbonyl (C=O) groups is 2. The lowest BCUT2D eigenvalue weighted by atomic mass is 10.0. The van der Waals surface area contributed by atoms with E-state index in [2.05, 4.69) is 19.6 Å². The fraction of sp³-hybridized carbons (Fsp3) is 0.643.